The molecule has 14 atom stereocenters. The highest BCUT2D eigenvalue weighted by molar-refractivity contribution is 5.72. The maximum Gasteiger partial charge on any atom is 0.308 e. The third kappa shape index (κ3) is 2.08. The molecule has 9 rings (SSSR count). The van der Waals surface area contributed by atoms with Crippen molar-refractivity contribution in [2.75, 3.05) is 6.54 Å². The van der Waals surface area contributed by atoms with Gasteiger partial charge in [0.15, 0.2) is 0 Å². The summed E-state index contributed by atoms with van der Waals surface area (Å²) in [6, 6.07) is 0.839. The second-order valence-corrected chi connectivity index (χ2v) is 13.1. The van der Waals surface area contributed by atoms with Crippen LogP contribution in [-0.2, 0) is 19.1 Å². The average Bonchev–Trinajstić information content (AvgIpc) is 3.14. The molecule has 0 radical (unpaired) electrons. The molecule has 1 N–H and O–H groups in total. The summed E-state index contributed by atoms with van der Waals surface area (Å²) >= 11 is 0. The van der Waals surface area contributed by atoms with Crippen LogP contribution in [0.15, 0.2) is 12.2 Å². The Kier molecular flexibility index (Phi) is 3.83. The Labute approximate surface area is 196 Å². The lowest BCUT2D eigenvalue weighted by Crippen LogP contribution is -2.69. The number of nitrogens with zero attached hydrogens (tertiary/aromatic N) is 1. The highest BCUT2D eigenvalue weighted by Gasteiger charge is 2.91. The predicted octanol–water partition coefficient (Wildman–Crippen LogP) is 2.93. The fourth-order valence-electron chi connectivity index (χ4n) is 11.5. The maximum absolute atomic E-state index is 13.1. The fraction of sp³-hybridized carbons (Fsp3) is 0.852. The summed E-state index contributed by atoms with van der Waals surface area (Å²) in [5.41, 5.74) is 1.10. The number of piperidine rings is 2. The smallest absolute Gasteiger partial charge is 0.308 e. The number of aliphatic hydroxyl groups is 1. The van der Waals surface area contributed by atoms with Gasteiger partial charge in [0, 0.05) is 42.8 Å². The highest BCUT2D eigenvalue weighted by Crippen LogP contribution is 2.87. The van der Waals surface area contributed by atoms with E-state index in [0.29, 0.717) is 18.0 Å². The van der Waals surface area contributed by atoms with Crippen LogP contribution in [0.25, 0.3) is 0 Å². The van der Waals surface area contributed by atoms with E-state index < -0.39 is 0 Å². The van der Waals surface area contributed by atoms with Crippen LogP contribution < -0.4 is 0 Å². The van der Waals surface area contributed by atoms with Crippen LogP contribution in [0, 0.1) is 45.8 Å². The Bertz CT molecular complexity index is 980. The van der Waals surface area contributed by atoms with E-state index in [1.807, 2.05) is 13.8 Å². The molecule has 1 unspecified atom stereocenters. The molecule has 0 amide bonds. The van der Waals surface area contributed by atoms with Crippen molar-refractivity contribution < 1.29 is 24.2 Å². The topological polar surface area (TPSA) is 76.1 Å². The van der Waals surface area contributed by atoms with E-state index in [-0.39, 0.29) is 70.2 Å². The summed E-state index contributed by atoms with van der Waals surface area (Å²) < 4.78 is 12.6. The van der Waals surface area contributed by atoms with Crippen LogP contribution in [0.2, 0.25) is 0 Å². The molecule has 0 aromatic rings. The molecule has 6 aliphatic carbocycles. The Balaban J connectivity index is 1.42. The van der Waals surface area contributed by atoms with Crippen LogP contribution in [0.1, 0.15) is 59.8 Å². The monoisotopic (exact) mass is 455 g/mol. The molecule has 9 aliphatic rings. The molecule has 6 heteroatoms. The first-order chi connectivity index (χ1) is 15.6. The molecule has 0 aromatic heterocycles. The molecule has 3 aliphatic heterocycles. The molecular formula is C27H37NO5. The van der Waals surface area contributed by atoms with E-state index in [2.05, 4.69) is 18.4 Å². The van der Waals surface area contributed by atoms with Gasteiger partial charge in [0.05, 0.1) is 17.9 Å². The summed E-state index contributed by atoms with van der Waals surface area (Å²) in [6.45, 7) is 13.3. The van der Waals surface area contributed by atoms with Crippen LogP contribution in [0.5, 0.6) is 0 Å². The van der Waals surface area contributed by atoms with Gasteiger partial charge in [-0.25, -0.2) is 0 Å². The largest absolute Gasteiger partial charge is 0.461 e. The molecule has 9 fully saturated rings. The Hall–Kier alpha value is -1.40. The first-order valence-electron chi connectivity index (χ1n) is 13.1. The van der Waals surface area contributed by atoms with Crippen molar-refractivity contribution in [3.63, 3.8) is 0 Å². The number of hydrogen-bond donors (Lipinski definition) is 1. The van der Waals surface area contributed by atoms with Crippen molar-refractivity contribution in [2.45, 2.75) is 90.2 Å². The molecule has 6 saturated carbocycles. The van der Waals surface area contributed by atoms with E-state index >= 15 is 0 Å². The zero-order valence-electron chi connectivity index (χ0n) is 20.3. The molecular weight excluding hydrogens is 418 g/mol. The van der Waals surface area contributed by atoms with Crippen LogP contribution in [0.3, 0.4) is 0 Å². The molecule has 6 nitrogen and oxygen atoms in total. The predicted molar refractivity (Wildman–Crippen MR) is 120 cm³/mol. The lowest BCUT2D eigenvalue weighted by atomic mass is 9.39. The second kappa shape index (κ2) is 6.04. The van der Waals surface area contributed by atoms with Gasteiger partial charge in [0.2, 0.25) is 0 Å². The summed E-state index contributed by atoms with van der Waals surface area (Å²) in [5, 5.41) is 11.2. The fourth-order valence-corrected chi connectivity index (χ4v) is 11.5. The summed E-state index contributed by atoms with van der Waals surface area (Å²) in [5.74, 6) is 0.299. The van der Waals surface area contributed by atoms with E-state index in [4.69, 9.17) is 9.47 Å². The Morgan fingerprint density at radius 1 is 1.21 bits per heavy atom. The first-order valence-corrected chi connectivity index (χ1v) is 13.1. The highest BCUT2D eigenvalue weighted by atomic mass is 16.6. The number of fused-ring (bicyclic) bond motifs is 1. The third-order valence-electron chi connectivity index (χ3n) is 11.7. The van der Waals surface area contributed by atoms with Crippen molar-refractivity contribution in [1.29, 1.82) is 0 Å². The molecule has 3 heterocycles. The van der Waals surface area contributed by atoms with Gasteiger partial charge in [-0.05, 0) is 48.9 Å². The quantitative estimate of drug-likeness (QED) is 0.519. The third-order valence-corrected chi connectivity index (χ3v) is 11.7. The number of hydrogen-bond acceptors (Lipinski definition) is 6. The number of rotatable bonds is 4. The molecule has 0 aromatic carbocycles. The van der Waals surface area contributed by atoms with Crippen LogP contribution >= 0.6 is 0 Å². The minimum absolute atomic E-state index is 0.0447. The van der Waals surface area contributed by atoms with Gasteiger partial charge in [-0.2, -0.15) is 0 Å². The van der Waals surface area contributed by atoms with Gasteiger partial charge in [-0.15, -0.1) is 0 Å². The van der Waals surface area contributed by atoms with Crippen molar-refractivity contribution in [3.05, 3.63) is 12.2 Å². The van der Waals surface area contributed by atoms with Gasteiger partial charge in [0.25, 0.3) is 0 Å². The molecule has 180 valence electrons. The second-order valence-electron chi connectivity index (χ2n) is 13.1. The number of esters is 2. The Morgan fingerprint density at radius 2 is 1.97 bits per heavy atom. The minimum Gasteiger partial charge on any atom is -0.461 e. The summed E-state index contributed by atoms with van der Waals surface area (Å²) in [6.07, 6.45) is 3.52. The SMILES string of the molecule is C=C1C[C@@]23C[C@H]4[C@@H]5[C@@]6(C)C[C@H](O)C[C@@]57[C@@H]2[C@H](OC(C)=O)[C@@H]1[C@H](OC(=O)[C@H](C)CC)[C@@H]3[C@H]7N4C6. The van der Waals surface area contributed by atoms with Crippen molar-refractivity contribution >= 4 is 11.9 Å². The molecule has 2 spiro atoms. The van der Waals surface area contributed by atoms with Crippen molar-refractivity contribution in [1.82, 2.24) is 4.90 Å². The normalized spacial score (nSPS) is 59.1. The minimum atomic E-state index is -0.315. The van der Waals surface area contributed by atoms with Gasteiger partial charge < -0.3 is 14.6 Å². The molecule has 9 bridgehead atoms. The van der Waals surface area contributed by atoms with Gasteiger partial charge >= 0.3 is 11.9 Å². The van der Waals surface area contributed by atoms with E-state index in [1.165, 1.54) is 6.92 Å². The number of aliphatic hydroxyl groups excluding tert-OH is 1. The van der Waals surface area contributed by atoms with Gasteiger partial charge in [-0.1, -0.05) is 32.9 Å². The lowest BCUT2D eigenvalue weighted by Gasteiger charge is -2.66. The molecule has 33 heavy (non-hydrogen) atoms. The van der Waals surface area contributed by atoms with Crippen LogP contribution in [-0.4, -0.2) is 58.9 Å². The van der Waals surface area contributed by atoms with E-state index in [1.54, 1.807) is 0 Å². The summed E-state index contributed by atoms with van der Waals surface area (Å²) in [4.78, 5) is 28.3. The van der Waals surface area contributed by atoms with Crippen LogP contribution in [0.4, 0.5) is 0 Å². The van der Waals surface area contributed by atoms with Crippen molar-refractivity contribution in [2.24, 2.45) is 45.8 Å². The lowest BCUT2D eigenvalue weighted by molar-refractivity contribution is -0.232. The van der Waals surface area contributed by atoms with E-state index in [9.17, 15) is 14.7 Å². The summed E-state index contributed by atoms with van der Waals surface area (Å²) in [7, 11) is 0. The molecule has 3 saturated heterocycles. The first kappa shape index (κ1) is 20.9. The van der Waals surface area contributed by atoms with Gasteiger partial charge in [-0.3, -0.25) is 14.5 Å². The van der Waals surface area contributed by atoms with Crippen molar-refractivity contribution in [3.8, 4) is 0 Å². The maximum atomic E-state index is 13.1. The zero-order valence-corrected chi connectivity index (χ0v) is 20.3. The van der Waals surface area contributed by atoms with Gasteiger partial charge in [0.1, 0.15) is 12.2 Å². The number of ether oxygens (including phenoxy) is 2. The number of carbonyl (C=O) groups is 2. The standard InChI is InChI=1S/C27H37NO5/c1-6-12(2)24(31)33-19-17-13(3)7-26-10-16-21-25(5)8-15(30)9-27(21,22(26)20(17)32-14(4)29)23(18(19)26)28(16)11-25/h12,15-23,30H,3,6-11H2,1-2,4-5H3/t12-,15+,16+,17+,18-,19+,20-,21-,22-,23-,25+,26+,27+/m1/s1. The van der Waals surface area contributed by atoms with E-state index in [0.717, 1.165) is 44.2 Å². The average molecular weight is 456 g/mol. The Morgan fingerprint density at radius 3 is 2.67 bits per heavy atom. The number of carbonyl (C=O) groups excluding carboxylic acids is 2. The zero-order chi connectivity index (χ0) is 23.2.